The summed E-state index contributed by atoms with van der Waals surface area (Å²) in [7, 11) is -5.28. The molecule has 2 aliphatic heterocycles. The van der Waals surface area contributed by atoms with Gasteiger partial charge in [-0.15, -0.1) is 0 Å². The number of benzene rings is 1. The smallest absolute Gasteiger partial charge is 0.321 e. The maximum atomic E-state index is 13.0. The fourth-order valence-electron chi connectivity index (χ4n) is 3.49. The summed E-state index contributed by atoms with van der Waals surface area (Å²) in [6, 6.07) is 5.40. The molecule has 2 saturated heterocycles. The molecular weight excluding hydrogens is 390 g/mol. The molecule has 1 aromatic rings. The normalized spacial score (nSPS) is 23.1. The predicted octanol–water partition coefficient (Wildman–Crippen LogP) is 1.51. The van der Waals surface area contributed by atoms with E-state index in [4.69, 9.17) is 0 Å². The van der Waals surface area contributed by atoms with E-state index in [9.17, 15) is 21.6 Å². The van der Waals surface area contributed by atoms with Crippen molar-refractivity contribution in [3.8, 4) is 0 Å². The van der Waals surface area contributed by atoms with Crippen molar-refractivity contribution in [2.45, 2.75) is 36.6 Å². The van der Waals surface area contributed by atoms with Crippen molar-refractivity contribution in [1.82, 2.24) is 9.21 Å². The maximum absolute atomic E-state index is 13.0. The first kappa shape index (κ1) is 20.1. The molecule has 150 valence electrons. The van der Waals surface area contributed by atoms with Gasteiger partial charge in [-0.3, -0.25) is 0 Å². The Kier molecular flexibility index (Phi) is 5.78. The SMILES string of the molecule is CN(C(=O)Nc1ccccc1S(=O)(=O)N1CCCCC1)[C@@H]1CCS(=O)(=O)C1. The lowest BCUT2D eigenvalue weighted by molar-refractivity contribution is 0.209. The molecule has 2 aliphatic rings. The highest BCUT2D eigenvalue weighted by Crippen LogP contribution is 2.27. The zero-order chi connectivity index (χ0) is 19.7. The van der Waals surface area contributed by atoms with E-state index in [-0.39, 0.29) is 22.1 Å². The van der Waals surface area contributed by atoms with Crippen molar-refractivity contribution in [2.75, 3.05) is 37.0 Å². The molecule has 0 saturated carbocycles. The molecule has 8 nitrogen and oxygen atoms in total. The van der Waals surface area contributed by atoms with Gasteiger partial charge in [0.15, 0.2) is 9.84 Å². The van der Waals surface area contributed by atoms with Crippen molar-refractivity contribution in [1.29, 1.82) is 0 Å². The first-order valence-corrected chi connectivity index (χ1v) is 12.3. The topological polar surface area (TPSA) is 104 Å². The zero-order valence-corrected chi connectivity index (χ0v) is 16.9. The van der Waals surface area contributed by atoms with Crippen LogP contribution in [0.15, 0.2) is 29.2 Å². The molecule has 1 N–H and O–H groups in total. The van der Waals surface area contributed by atoms with Crippen LogP contribution in [0.5, 0.6) is 0 Å². The lowest BCUT2D eigenvalue weighted by Crippen LogP contribution is -2.41. The van der Waals surface area contributed by atoms with Crippen LogP contribution < -0.4 is 5.32 Å². The number of para-hydroxylation sites is 1. The first-order valence-electron chi connectivity index (χ1n) is 9.04. The molecule has 27 heavy (non-hydrogen) atoms. The number of hydrogen-bond acceptors (Lipinski definition) is 5. The Morgan fingerprint density at radius 1 is 1.19 bits per heavy atom. The largest absolute Gasteiger partial charge is 0.324 e. The van der Waals surface area contributed by atoms with Crippen molar-refractivity contribution in [3.63, 3.8) is 0 Å². The third-order valence-electron chi connectivity index (χ3n) is 5.14. The van der Waals surface area contributed by atoms with Crippen molar-refractivity contribution < 1.29 is 21.6 Å². The average molecular weight is 416 g/mol. The van der Waals surface area contributed by atoms with Crippen LogP contribution in [0.3, 0.4) is 0 Å². The third kappa shape index (κ3) is 4.44. The van der Waals surface area contributed by atoms with Crippen LogP contribution in [0.25, 0.3) is 0 Å². The molecule has 2 heterocycles. The maximum Gasteiger partial charge on any atom is 0.321 e. The summed E-state index contributed by atoms with van der Waals surface area (Å²) in [5.74, 6) is -0.000143. The summed E-state index contributed by atoms with van der Waals surface area (Å²) in [6.07, 6.45) is 3.05. The lowest BCUT2D eigenvalue weighted by Gasteiger charge is -2.28. The highest BCUT2D eigenvalue weighted by molar-refractivity contribution is 7.91. The predicted molar refractivity (Wildman–Crippen MR) is 103 cm³/mol. The molecule has 2 fully saturated rings. The van der Waals surface area contributed by atoms with Crippen LogP contribution in [0, 0.1) is 0 Å². The summed E-state index contributed by atoms with van der Waals surface area (Å²) < 4.78 is 50.7. The number of sulfonamides is 1. The summed E-state index contributed by atoms with van der Waals surface area (Å²) in [5, 5.41) is 2.65. The van der Waals surface area contributed by atoms with Crippen LogP contribution in [-0.4, -0.2) is 69.8 Å². The van der Waals surface area contributed by atoms with Gasteiger partial charge >= 0.3 is 6.03 Å². The quantitative estimate of drug-likeness (QED) is 0.803. The van der Waals surface area contributed by atoms with Gasteiger partial charge in [-0.1, -0.05) is 18.6 Å². The van der Waals surface area contributed by atoms with Gasteiger partial charge in [-0.25, -0.2) is 21.6 Å². The minimum atomic E-state index is -3.70. The fraction of sp³-hybridized carbons (Fsp3) is 0.588. The van der Waals surface area contributed by atoms with Crippen LogP contribution in [-0.2, 0) is 19.9 Å². The Hall–Kier alpha value is -1.65. The second kappa shape index (κ2) is 7.76. The minimum absolute atomic E-state index is 0.0627. The van der Waals surface area contributed by atoms with Gasteiger partial charge in [0.25, 0.3) is 0 Å². The van der Waals surface area contributed by atoms with Gasteiger partial charge in [0, 0.05) is 26.2 Å². The minimum Gasteiger partial charge on any atom is -0.324 e. The number of urea groups is 1. The van der Waals surface area contributed by atoms with E-state index in [2.05, 4.69) is 5.32 Å². The van der Waals surface area contributed by atoms with E-state index in [0.717, 1.165) is 19.3 Å². The average Bonchev–Trinajstić information content (AvgIpc) is 3.02. The van der Waals surface area contributed by atoms with Crippen molar-refractivity contribution in [2.24, 2.45) is 0 Å². The van der Waals surface area contributed by atoms with E-state index in [1.165, 1.54) is 22.3 Å². The van der Waals surface area contributed by atoms with Crippen LogP contribution in [0.4, 0.5) is 10.5 Å². The number of sulfone groups is 1. The van der Waals surface area contributed by atoms with Crippen LogP contribution in [0.2, 0.25) is 0 Å². The summed E-state index contributed by atoms with van der Waals surface area (Å²) >= 11 is 0. The van der Waals surface area contributed by atoms with E-state index >= 15 is 0 Å². The van der Waals surface area contributed by atoms with Gasteiger partial charge in [-0.2, -0.15) is 4.31 Å². The Morgan fingerprint density at radius 3 is 2.48 bits per heavy atom. The Balaban J connectivity index is 1.79. The standard InChI is InChI=1S/C17H25N3O5S2/c1-19(14-9-12-26(22,23)13-14)17(21)18-15-7-3-4-8-16(15)27(24,25)20-10-5-2-6-11-20/h3-4,7-8,14H,2,5-6,9-13H2,1H3,(H,18,21)/t14-/m1/s1. The third-order valence-corrected chi connectivity index (χ3v) is 8.85. The molecule has 0 aliphatic carbocycles. The molecular formula is C17H25N3O5S2. The van der Waals surface area contributed by atoms with E-state index < -0.39 is 31.9 Å². The van der Waals surface area contributed by atoms with E-state index in [1.54, 1.807) is 18.2 Å². The summed E-state index contributed by atoms with van der Waals surface area (Å²) in [5.41, 5.74) is 0.209. The summed E-state index contributed by atoms with van der Waals surface area (Å²) in [4.78, 5) is 14.0. The molecule has 0 spiro atoms. The lowest BCUT2D eigenvalue weighted by atomic mass is 10.2. The van der Waals surface area contributed by atoms with Crippen molar-refractivity contribution in [3.05, 3.63) is 24.3 Å². The van der Waals surface area contributed by atoms with Crippen LogP contribution in [0.1, 0.15) is 25.7 Å². The number of hydrogen-bond donors (Lipinski definition) is 1. The second-order valence-electron chi connectivity index (χ2n) is 7.06. The molecule has 10 heteroatoms. The number of piperidine rings is 1. The van der Waals surface area contributed by atoms with E-state index in [1.807, 2.05) is 0 Å². The highest BCUT2D eigenvalue weighted by Gasteiger charge is 2.34. The number of carbonyl (C=O) groups is 1. The Morgan fingerprint density at radius 2 is 1.85 bits per heavy atom. The number of nitrogens with one attached hydrogen (secondary N) is 1. The molecule has 0 unspecified atom stereocenters. The number of rotatable bonds is 4. The molecule has 1 atom stereocenters. The Labute approximate surface area is 160 Å². The van der Waals surface area contributed by atoms with E-state index in [0.29, 0.717) is 19.5 Å². The molecule has 0 aromatic heterocycles. The van der Waals surface area contributed by atoms with Gasteiger partial charge in [0.1, 0.15) is 4.90 Å². The molecule has 2 amide bonds. The monoisotopic (exact) mass is 415 g/mol. The molecule has 3 rings (SSSR count). The summed E-state index contributed by atoms with van der Waals surface area (Å²) in [6.45, 7) is 0.953. The zero-order valence-electron chi connectivity index (χ0n) is 15.3. The van der Waals surface area contributed by atoms with Gasteiger partial charge in [-0.05, 0) is 31.4 Å². The Bertz CT molecular complexity index is 908. The second-order valence-corrected chi connectivity index (χ2v) is 11.2. The first-order chi connectivity index (χ1) is 12.7. The number of amides is 2. The fourth-order valence-corrected chi connectivity index (χ4v) is 6.93. The molecule has 1 aromatic carbocycles. The number of anilines is 1. The van der Waals surface area contributed by atoms with Crippen LogP contribution >= 0.6 is 0 Å². The number of nitrogens with zero attached hydrogens (tertiary/aromatic N) is 2. The number of carbonyl (C=O) groups excluding carboxylic acids is 1. The molecule has 0 radical (unpaired) electrons. The van der Waals surface area contributed by atoms with Gasteiger partial charge < -0.3 is 10.2 Å². The molecule has 0 bridgehead atoms. The van der Waals surface area contributed by atoms with Gasteiger partial charge in [0.2, 0.25) is 10.0 Å². The van der Waals surface area contributed by atoms with Gasteiger partial charge in [0.05, 0.1) is 17.2 Å². The highest BCUT2D eigenvalue weighted by atomic mass is 32.2. The van der Waals surface area contributed by atoms with Crippen molar-refractivity contribution >= 4 is 31.6 Å².